The van der Waals surface area contributed by atoms with Crippen molar-refractivity contribution in [1.29, 1.82) is 0 Å². The minimum Gasteiger partial charge on any atom is -0.303 e. The summed E-state index contributed by atoms with van der Waals surface area (Å²) >= 11 is 0. The minimum atomic E-state index is 0.826. The van der Waals surface area contributed by atoms with Crippen LogP contribution in [0.25, 0.3) is 0 Å². The molecular weight excluding hydrogens is 206 g/mol. The van der Waals surface area contributed by atoms with Gasteiger partial charge in [0.1, 0.15) is 0 Å². The van der Waals surface area contributed by atoms with Crippen molar-refractivity contribution in [2.75, 3.05) is 19.6 Å². The Morgan fingerprint density at radius 1 is 1.18 bits per heavy atom. The Morgan fingerprint density at radius 2 is 2.00 bits per heavy atom. The summed E-state index contributed by atoms with van der Waals surface area (Å²) in [5.41, 5.74) is 0. The van der Waals surface area contributed by atoms with Crippen molar-refractivity contribution in [3.05, 3.63) is 24.3 Å². The quantitative estimate of drug-likeness (QED) is 0.693. The predicted octanol–water partition coefficient (Wildman–Crippen LogP) is 4.02. The molecule has 0 aromatic heterocycles. The fourth-order valence-corrected chi connectivity index (χ4v) is 3.06. The van der Waals surface area contributed by atoms with Crippen molar-refractivity contribution in [3.8, 4) is 0 Å². The molecule has 0 amide bonds. The first-order chi connectivity index (χ1) is 8.38. The SMILES string of the molecule is CCCCN1CCC(CC2C=CC=CC2)CC1. The molecule has 1 fully saturated rings. The zero-order valence-corrected chi connectivity index (χ0v) is 11.3. The lowest BCUT2D eigenvalue weighted by atomic mass is 9.84. The van der Waals surface area contributed by atoms with Crippen LogP contribution in [-0.4, -0.2) is 24.5 Å². The molecule has 17 heavy (non-hydrogen) atoms. The van der Waals surface area contributed by atoms with Gasteiger partial charge in [0, 0.05) is 0 Å². The molecule has 0 aromatic carbocycles. The van der Waals surface area contributed by atoms with Gasteiger partial charge in [0.05, 0.1) is 0 Å². The predicted molar refractivity (Wildman–Crippen MR) is 75.1 cm³/mol. The van der Waals surface area contributed by atoms with Crippen LogP contribution in [0.2, 0.25) is 0 Å². The zero-order chi connectivity index (χ0) is 11.9. The molecule has 0 aromatic rings. The molecule has 1 saturated heterocycles. The first-order valence-corrected chi connectivity index (χ1v) is 7.44. The summed E-state index contributed by atoms with van der Waals surface area (Å²) in [6.07, 6.45) is 17.4. The van der Waals surface area contributed by atoms with E-state index in [1.165, 1.54) is 58.2 Å². The van der Waals surface area contributed by atoms with Crippen LogP contribution in [0.3, 0.4) is 0 Å². The van der Waals surface area contributed by atoms with Crippen molar-refractivity contribution in [2.45, 2.75) is 45.4 Å². The molecule has 1 aliphatic carbocycles. The highest BCUT2D eigenvalue weighted by Crippen LogP contribution is 2.28. The molecule has 1 heteroatoms. The highest BCUT2D eigenvalue weighted by Gasteiger charge is 2.21. The first kappa shape index (κ1) is 12.9. The molecule has 1 unspecified atom stereocenters. The van der Waals surface area contributed by atoms with E-state index in [0.717, 1.165) is 11.8 Å². The number of unbranched alkanes of at least 4 members (excludes halogenated alkanes) is 1. The van der Waals surface area contributed by atoms with Crippen molar-refractivity contribution < 1.29 is 0 Å². The van der Waals surface area contributed by atoms with E-state index < -0.39 is 0 Å². The molecule has 0 bridgehead atoms. The highest BCUT2D eigenvalue weighted by molar-refractivity contribution is 5.10. The molecular formula is C16H27N. The van der Waals surface area contributed by atoms with Crippen LogP contribution in [0.1, 0.15) is 45.4 Å². The number of nitrogens with zero attached hydrogens (tertiary/aromatic N) is 1. The molecule has 0 radical (unpaired) electrons. The average Bonchev–Trinajstić information content (AvgIpc) is 2.39. The number of likely N-dealkylation sites (tertiary alicyclic amines) is 1. The second kappa shape index (κ2) is 7.00. The van der Waals surface area contributed by atoms with E-state index in [-0.39, 0.29) is 0 Å². The Labute approximate surface area is 107 Å². The zero-order valence-electron chi connectivity index (χ0n) is 11.3. The largest absolute Gasteiger partial charge is 0.303 e. The van der Waals surface area contributed by atoms with E-state index >= 15 is 0 Å². The fraction of sp³-hybridized carbons (Fsp3) is 0.750. The number of piperidine rings is 1. The topological polar surface area (TPSA) is 3.24 Å². The second-order valence-electron chi connectivity index (χ2n) is 5.68. The van der Waals surface area contributed by atoms with Crippen LogP contribution in [0, 0.1) is 11.8 Å². The Hall–Kier alpha value is -0.560. The van der Waals surface area contributed by atoms with Gasteiger partial charge in [-0.15, -0.1) is 0 Å². The van der Waals surface area contributed by atoms with Gasteiger partial charge in [0.25, 0.3) is 0 Å². The molecule has 1 heterocycles. The summed E-state index contributed by atoms with van der Waals surface area (Å²) in [6, 6.07) is 0. The molecule has 1 atom stereocenters. The third-order valence-electron chi connectivity index (χ3n) is 4.24. The summed E-state index contributed by atoms with van der Waals surface area (Å²) in [6.45, 7) is 6.30. The first-order valence-electron chi connectivity index (χ1n) is 7.44. The van der Waals surface area contributed by atoms with Gasteiger partial charge in [-0.3, -0.25) is 0 Å². The van der Waals surface area contributed by atoms with E-state index in [4.69, 9.17) is 0 Å². The van der Waals surface area contributed by atoms with Crippen LogP contribution in [0.5, 0.6) is 0 Å². The van der Waals surface area contributed by atoms with Crippen LogP contribution in [0.4, 0.5) is 0 Å². The molecule has 0 N–H and O–H groups in total. The van der Waals surface area contributed by atoms with Crippen molar-refractivity contribution in [2.24, 2.45) is 11.8 Å². The number of allylic oxidation sites excluding steroid dienone is 4. The molecule has 96 valence electrons. The third kappa shape index (κ3) is 4.31. The van der Waals surface area contributed by atoms with Crippen molar-refractivity contribution >= 4 is 0 Å². The molecule has 1 nitrogen and oxygen atoms in total. The van der Waals surface area contributed by atoms with E-state index in [0.29, 0.717) is 0 Å². The third-order valence-corrected chi connectivity index (χ3v) is 4.24. The normalized spacial score (nSPS) is 26.5. The molecule has 0 saturated carbocycles. The minimum absolute atomic E-state index is 0.826. The van der Waals surface area contributed by atoms with Gasteiger partial charge in [-0.1, -0.05) is 37.6 Å². The van der Waals surface area contributed by atoms with Gasteiger partial charge >= 0.3 is 0 Å². The van der Waals surface area contributed by atoms with Gasteiger partial charge in [0.2, 0.25) is 0 Å². The van der Waals surface area contributed by atoms with Crippen LogP contribution < -0.4 is 0 Å². The lowest BCUT2D eigenvalue weighted by Crippen LogP contribution is -2.34. The van der Waals surface area contributed by atoms with Gasteiger partial charge in [-0.2, -0.15) is 0 Å². The maximum absolute atomic E-state index is 2.66. The lowest BCUT2D eigenvalue weighted by Gasteiger charge is -2.33. The summed E-state index contributed by atoms with van der Waals surface area (Å²) in [5.74, 6) is 1.81. The van der Waals surface area contributed by atoms with Crippen LogP contribution in [0.15, 0.2) is 24.3 Å². The lowest BCUT2D eigenvalue weighted by molar-refractivity contribution is 0.170. The summed E-state index contributed by atoms with van der Waals surface area (Å²) in [4.78, 5) is 2.66. The Kier molecular flexibility index (Phi) is 5.31. The average molecular weight is 233 g/mol. The molecule has 2 aliphatic rings. The number of hydrogen-bond acceptors (Lipinski definition) is 1. The van der Waals surface area contributed by atoms with Crippen LogP contribution >= 0.6 is 0 Å². The number of hydrogen-bond donors (Lipinski definition) is 0. The maximum Gasteiger partial charge on any atom is -0.00161 e. The summed E-state index contributed by atoms with van der Waals surface area (Å²) in [5, 5.41) is 0. The highest BCUT2D eigenvalue weighted by atomic mass is 15.1. The van der Waals surface area contributed by atoms with Gasteiger partial charge in [-0.25, -0.2) is 0 Å². The monoisotopic (exact) mass is 233 g/mol. The van der Waals surface area contributed by atoms with Crippen molar-refractivity contribution in [3.63, 3.8) is 0 Å². The standard InChI is InChI=1S/C16H27N/c1-2-3-11-17-12-9-16(10-13-17)14-15-7-5-4-6-8-15/h4-7,15-16H,2-3,8-14H2,1H3. The number of rotatable bonds is 5. The Morgan fingerprint density at radius 3 is 2.65 bits per heavy atom. The maximum atomic E-state index is 2.66. The van der Waals surface area contributed by atoms with Crippen molar-refractivity contribution in [1.82, 2.24) is 4.90 Å². The summed E-state index contributed by atoms with van der Waals surface area (Å²) < 4.78 is 0. The summed E-state index contributed by atoms with van der Waals surface area (Å²) in [7, 11) is 0. The van der Waals surface area contributed by atoms with Gasteiger partial charge < -0.3 is 4.90 Å². The van der Waals surface area contributed by atoms with Gasteiger partial charge in [-0.05, 0) is 63.6 Å². The van der Waals surface area contributed by atoms with E-state index in [1.54, 1.807) is 0 Å². The van der Waals surface area contributed by atoms with E-state index in [9.17, 15) is 0 Å². The van der Waals surface area contributed by atoms with Crippen LogP contribution in [-0.2, 0) is 0 Å². The Bertz CT molecular complexity index is 259. The fourth-order valence-electron chi connectivity index (χ4n) is 3.06. The molecule has 2 rings (SSSR count). The molecule has 0 spiro atoms. The van der Waals surface area contributed by atoms with Gasteiger partial charge in [0.15, 0.2) is 0 Å². The second-order valence-corrected chi connectivity index (χ2v) is 5.68. The smallest absolute Gasteiger partial charge is 0.00161 e. The Balaban J connectivity index is 1.65. The molecule has 1 aliphatic heterocycles. The van der Waals surface area contributed by atoms with E-state index in [2.05, 4.69) is 36.1 Å². The van der Waals surface area contributed by atoms with E-state index in [1.807, 2.05) is 0 Å².